The van der Waals surface area contributed by atoms with Crippen molar-refractivity contribution < 1.29 is 9.53 Å². The third-order valence-electron chi connectivity index (χ3n) is 4.63. The highest BCUT2D eigenvalue weighted by Crippen LogP contribution is 2.25. The molecular formula is C18H24N4O2S. The van der Waals surface area contributed by atoms with Gasteiger partial charge in [-0.2, -0.15) is 0 Å². The summed E-state index contributed by atoms with van der Waals surface area (Å²) >= 11 is 1.45. The fraction of sp³-hybridized carbons (Fsp3) is 0.500. The zero-order valence-corrected chi connectivity index (χ0v) is 15.8. The third-order valence-corrected chi connectivity index (χ3v) is 5.64. The Morgan fingerprint density at radius 1 is 1.28 bits per heavy atom. The summed E-state index contributed by atoms with van der Waals surface area (Å²) < 4.78 is 7.11. The van der Waals surface area contributed by atoms with Gasteiger partial charge in [-0.25, -0.2) is 0 Å². The fourth-order valence-corrected chi connectivity index (χ4v) is 3.91. The number of aromatic nitrogens is 3. The molecule has 25 heavy (non-hydrogen) atoms. The van der Waals surface area contributed by atoms with Crippen LogP contribution in [0.2, 0.25) is 0 Å². The van der Waals surface area contributed by atoms with E-state index < -0.39 is 0 Å². The lowest BCUT2D eigenvalue weighted by atomic mass is 10.0. The molecule has 1 aromatic carbocycles. The molecule has 0 spiro atoms. The lowest BCUT2D eigenvalue weighted by molar-refractivity contribution is -0.131. The molecule has 3 rings (SSSR count). The van der Waals surface area contributed by atoms with Gasteiger partial charge >= 0.3 is 0 Å². The van der Waals surface area contributed by atoms with Crippen LogP contribution in [0.3, 0.4) is 0 Å². The fourth-order valence-electron chi connectivity index (χ4n) is 3.11. The Bertz CT molecular complexity index is 729. The first-order valence-electron chi connectivity index (χ1n) is 8.56. The van der Waals surface area contributed by atoms with Crippen LogP contribution in [0.25, 0.3) is 11.4 Å². The van der Waals surface area contributed by atoms with Crippen LogP contribution in [-0.4, -0.2) is 51.0 Å². The van der Waals surface area contributed by atoms with E-state index in [2.05, 4.69) is 17.1 Å². The van der Waals surface area contributed by atoms with E-state index in [1.54, 1.807) is 7.11 Å². The first-order valence-corrected chi connectivity index (χ1v) is 9.55. The van der Waals surface area contributed by atoms with E-state index in [-0.39, 0.29) is 5.91 Å². The van der Waals surface area contributed by atoms with Gasteiger partial charge < -0.3 is 14.2 Å². The predicted octanol–water partition coefficient (Wildman–Crippen LogP) is 2.98. The minimum atomic E-state index is 0.186. The van der Waals surface area contributed by atoms with Crippen molar-refractivity contribution in [3.05, 3.63) is 24.3 Å². The van der Waals surface area contributed by atoms with Crippen LogP contribution in [0, 0.1) is 0 Å². The molecule has 1 atom stereocenters. The second kappa shape index (κ2) is 7.91. The lowest BCUT2D eigenvalue weighted by Crippen LogP contribution is -2.42. The second-order valence-corrected chi connectivity index (χ2v) is 7.26. The Kier molecular flexibility index (Phi) is 5.63. The quantitative estimate of drug-likeness (QED) is 0.767. The maximum Gasteiger partial charge on any atom is 0.233 e. The van der Waals surface area contributed by atoms with Crippen LogP contribution in [0.15, 0.2) is 29.4 Å². The molecule has 2 heterocycles. The predicted molar refractivity (Wildman–Crippen MR) is 98.7 cm³/mol. The maximum absolute atomic E-state index is 12.5. The molecule has 134 valence electrons. The third kappa shape index (κ3) is 3.98. The van der Waals surface area contributed by atoms with E-state index in [9.17, 15) is 4.79 Å². The van der Waals surface area contributed by atoms with Crippen LogP contribution in [0.5, 0.6) is 5.75 Å². The van der Waals surface area contributed by atoms with E-state index in [0.717, 1.165) is 41.7 Å². The Labute approximate surface area is 152 Å². The minimum Gasteiger partial charge on any atom is -0.497 e. The van der Waals surface area contributed by atoms with Gasteiger partial charge in [-0.3, -0.25) is 4.79 Å². The normalized spacial score (nSPS) is 17.6. The van der Waals surface area contributed by atoms with Crippen molar-refractivity contribution in [2.75, 3.05) is 19.4 Å². The van der Waals surface area contributed by atoms with Gasteiger partial charge in [0.2, 0.25) is 5.91 Å². The van der Waals surface area contributed by atoms with E-state index >= 15 is 0 Å². The second-order valence-electron chi connectivity index (χ2n) is 6.31. The van der Waals surface area contributed by atoms with Gasteiger partial charge in [0.15, 0.2) is 11.0 Å². The molecule has 1 aliphatic rings. The van der Waals surface area contributed by atoms with Gasteiger partial charge in [0.1, 0.15) is 5.75 Å². The first kappa shape index (κ1) is 17.8. The molecule has 7 heteroatoms. The number of carbonyl (C=O) groups is 1. The van der Waals surface area contributed by atoms with Gasteiger partial charge in [0.05, 0.1) is 12.9 Å². The molecule has 1 unspecified atom stereocenters. The highest BCUT2D eigenvalue weighted by atomic mass is 32.2. The van der Waals surface area contributed by atoms with Crippen molar-refractivity contribution in [3.63, 3.8) is 0 Å². The zero-order chi connectivity index (χ0) is 17.8. The monoisotopic (exact) mass is 360 g/mol. The highest BCUT2D eigenvalue weighted by molar-refractivity contribution is 7.99. The van der Waals surface area contributed by atoms with Gasteiger partial charge in [0, 0.05) is 25.2 Å². The summed E-state index contributed by atoms with van der Waals surface area (Å²) in [6.07, 6.45) is 3.42. The number of methoxy groups -OCH3 is 1. The summed E-state index contributed by atoms with van der Waals surface area (Å²) in [5.74, 6) is 2.18. The van der Waals surface area contributed by atoms with Crippen molar-refractivity contribution >= 4 is 17.7 Å². The summed E-state index contributed by atoms with van der Waals surface area (Å²) in [4.78, 5) is 14.5. The number of rotatable bonds is 5. The summed E-state index contributed by atoms with van der Waals surface area (Å²) in [5.41, 5.74) is 0.971. The Morgan fingerprint density at radius 3 is 2.72 bits per heavy atom. The molecule has 0 radical (unpaired) electrons. The van der Waals surface area contributed by atoms with E-state index in [1.165, 1.54) is 18.2 Å². The number of nitrogens with zero attached hydrogens (tertiary/aromatic N) is 4. The molecule has 1 aromatic heterocycles. The number of thioether (sulfide) groups is 1. The van der Waals surface area contributed by atoms with Crippen LogP contribution >= 0.6 is 11.8 Å². The summed E-state index contributed by atoms with van der Waals surface area (Å²) in [7, 11) is 3.57. The highest BCUT2D eigenvalue weighted by Gasteiger charge is 2.23. The van der Waals surface area contributed by atoms with Crippen LogP contribution in [0.1, 0.15) is 26.2 Å². The average Bonchev–Trinajstić information content (AvgIpc) is 3.01. The van der Waals surface area contributed by atoms with Crippen molar-refractivity contribution in [1.82, 2.24) is 19.7 Å². The first-order chi connectivity index (χ1) is 12.1. The molecular weight excluding hydrogens is 336 g/mol. The topological polar surface area (TPSA) is 60.3 Å². The van der Waals surface area contributed by atoms with Gasteiger partial charge in [-0.05, 0) is 50.5 Å². The number of carbonyl (C=O) groups excluding carboxylic acids is 1. The smallest absolute Gasteiger partial charge is 0.233 e. The molecule has 1 aliphatic heterocycles. The Balaban J connectivity index is 1.65. The molecule has 0 saturated carbocycles. The number of likely N-dealkylation sites (tertiary alicyclic amines) is 1. The SMILES string of the molecule is COc1ccc(-c2nnc(SCC(=O)N3CCCCC3C)n2C)cc1. The number of hydrogen-bond acceptors (Lipinski definition) is 5. The van der Waals surface area contributed by atoms with Crippen LogP contribution < -0.4 is 4.74 Å². The lowest BCUT2D eigenvalue weighted by Gasteiger charge is -2.33. The van der Waals surface area contributed by atoms with Crippen LogP contribution in [0.4, 0.5) is 0 Å². The van der Waals surface area contributed by atoms with Crippen molar-refractivity contribution in [2.45, 2.75) is 37.4 Å². The minimum absolute atomic E-state index is 0.186. The van der Waals surface area contributed by atoms with E-state index in [4.69, 9.17) is 4.74 Å². The summed E-state index contributed by atoms with van der Waals surface area (Å²) in [5, 5.41) is 9.27. The van der Waals surface area contributed by atoms with Gasteiger partial charge in [-0.15, -0.1) is 10.2 Å². The molecule has 2 aromatic rings. The van der Waals surface area contributed by atoms with Crippen molar-refractivity contribution in [2.24, 2.45) is 7.05 Å². The molecule has 0 aliphatic carbocycles. The number of benzene rings is 1. The van der Waals surface area contributed by atoms with Crippen molar-refractivity contribution in [3.8, 4) is 17.1 Å². The molecule has 1 fully saturated rings. The largest absolute Gasteiger partial charge is 0.497 e. The number of piperidine rings is 1. The Hall–Kier alpha value is -2.02. The van der Waals surface area contributed by atoms with Crippen molar-refractivity contribution in [1.29, 1.82) is 0 Å². The molecule has 6 nitrogen and oxygen atoms in total. The van der Waals surface area contributed by atoms with E-state index in [1.807, 2.05) is 40.8 Å². The maximum atomic E-state index is 12.5. The Morgan fingerprint density at radius 2 is 2.04 bits per heavy atom. The molecule has 0 bridgehead atoms. The zero-order valence-electron chi connectivity index (χ0n) is 14.9. The standard InChI is InChI=1S/C18H24N4O2S/c1-13-6-4-5-11-22(13)16(23)12-25-18-20-19-17(21(18)2)14-7-9-15(24-3)10-8-14/h7-10,13H,4-6,11-12H2,1-3H3. The molecule has 0 N–H and O–H groups in total. The number of amides is 1. The van der Waals surface area contributed by atoms with Crippen LogP contribution in [-0.2, 0) is 11.8 Å². The molecule has 1 saturated heterocycles. The summed E-state index contributed by atoms with van der Waals surface area (Å²) in [6, 6.07) is 8.06. The number of ether oxygens (including phenoxy) is 1. The average molecular weight is 360 g/mol. The number of hydrogen-bond donors (Lipinski definition) is 0. The molecule has 1 amide bonds. The van der Waals surface area contributed by atoms with Gasteiger partial charge in [0.25, 0.3) is 0 Å². The summed E-state index contributed by atoms with van der Waals surface area (Å²) in [6.45, 7) is 3.00. The van der Waals surface area contributed by atoms with Gasteiger partial charge in [-0.1, -0.05) is 11.8 Å². The van der Waals surface area contributed by atoms with E-state index in [0.29, 0.717) is 11.8 Å².